The molecule has 0 aliphatic heterocycles. The summed E-state index contributed by atoms with van der Waals surface area (Å²) in [5.41, 5.74) is 7.58. The minimum absolute atomic E-state index is 0.0968. The van der Waals surface area contributed by atoms with E-state index in [2.05, 4.69) is 9.97 Å². The molecule has 5 heteroatoms. The van der Waals surface area contributed by atoms with Gasteiger partial charge in [0.25, 0.3) is 0 Å². The number of hydrogen-bond acceptors (Lipinski definition) is 4. The molecule has 100 valence electrons. The Morgan fingerprint density at radius 2 is 2.00 bits per heavy atom. The van der Waals surface area contributed by atoms with Gasteiger partial charge in [0.1, 0.15) is 5.75 Å². The van der Waals surface area contributed by atoms with E-state index in [-0.39, 0.29) is 6.04 Å². The summed E-state index contributed by atoms with van der Waals surface area (Å²) in [5, 5.41) is 0.620. The zero-order valence-electron chi connectivity index (χ0n) is 10.9. The Labute approximate surface area is 117 Å². The van der Waals surface area contributed by atoms with Crippen LogP contribution < -0.4 is 10.5 Å². The van der Waals surface area contributed by atoms with Crippen molar-refractivity contribution in [2.45, 2.75) is 19.4 Å². The van der Waals surface area contributed by atoms with Crippen LogP contribution in [0.4, 0.5) is 0 Å². The van der Waals surface area contributed by atoms with Crippen molar-refractivity contribution in [1.82, 2.24) is 9.97 Å². The Balaban J connectivity index is 2.32. The smallest absolute Gasteiger partial charge is 0.162 e. The second-order valence-electron chi connectivity index (χ2n) is 4.44. The molecule has 1 unspecified atom stereocenters. The van der Waals surface area contributed by atoms with Gasteiger partial charge < -0.3 is 10.5 Å². The predicted octanol–water partition coefficient (Wildman–Crippen LogP) is 2.70. The van der Waals surface area contributed by atoms with Crippen molar-refractivity contribution in [3.63, 3.8) is 0 Å². The number of nitrogens with zero attached hydrogens (tertiary/aromatic N) is 2. The monoisotopic (exact) mass is 277 g/mol. The highest BCUT2D eigenvalue weighted by Gasteiger charge is 2.09. The molecule has 1 heterocycles. The van der Waals surface area contributed by atoms with E-state index in [1.165, 1.54) is 0 Å². The van der Waals surface area contributed by atoms with Crippen LogP contribution in [-0.2, 0) is 6.42 Å². The van der Waals surface area contributed by atoms with Crippen LogP contribution in [0.25, 0.3) is 11.4 Å². The molecule has 0 fully saturated rings. The van der Waals surface area contributed by atoms with Crippen molar-refractivity contribution >= 4 is 11.6 Å². The van der Waals surface area contributed by atoms with Gasteiger partial charge in [0.05, 0.1) is 12.7 Å². The Hall–Kier alpha value is -1.65. The number of hydrogen-bond donors (Lipinski definition) is 1. The van der Waals surface area contributed by atoms with E-state index in [4.69, 9.17) is 22.1 Å². The highest BCUT2D eigenvalue weighted by atomic mass is 35.5. The van der Waals surface area contributed by atoms with Crippen molar-refractivity contribution in [3.8, 4) is 17.1 Å². The van der Waals surface area contributed by atoms with Crippen molar-refractivity contribution in [1.29, 1.82) is 0 Å². The molecule has 0 spiro atoms. The quantitative estimate of drug-likeness (QED) is 0.933. The molecule has 0 saturated heterocycles. The van der Waals surface area contributed by atoms with E-state index in [0.29, 0.717) is 16.6 Å². The number of benzene rings is 1. The lowest BCUT2D eigenvalue weighted by atomic mass is 10.1. The van der Waals surface area contributed by atoms with Gasteiger partial charge in [0.2, 0.25) is 0 Å². The minimum atomic E-state index is 0.0968. The Morgan fingerprint density at radius 3 is 2.58 bits per heavy atom. The molecular formula is C14H16ClN3O. The Bertz CT molecular complexity index is 555. The normalized spacial score (nSPS) is 12.2. The summed E-state index contributed by atoms with van der Waals surface area (Å²) >= 11 is 5.93. The molecule has 0 amide bonds. The largest absolute Gasteiger partial charge is 0.496 e. The third-order valence-electron chi connectivity index (χ3n) is 2.67. The van der Waals surface area contributed by atoms with Gasteiger partial charge in [0, 0.05) is 23.5 Å². The fourth-order valence-corrected chi connectivity index (χ4v) is 1.98. The second kappa shape index (κ2) is 5.99. The summed E-state index contributed by atoms with van der Waals surface area (Å²) in [5.74, 6) is 1.27. The molecule has 1 aromatic heterocycles. The van der Waals surface area contributed by atoms with Crippen LogP contribution in [0.5, 0.6) is 5.75 Å². The summed E-state index contributed by atoms with van der Waals surface area (Å²) in [6.45, 7) is 1.95. The maximum atomic E-state index is 5.93. The van der Waals surface area contributed by atoms with Gasteiger partial charge >= 0.3 is 0 Å². The van der Waals surface area contributed by atoms with Crippen LogP contribution in [-0.4, -0.2) is 23.1 Å². The molecule has 0 aliphatic rings. The number of aromatic nitrogens is 2. The lowest BCUT2D eigenvalue weighted by molar-refractivity contribution is 0.416. The van der Waals surface area contributed by atoms with Gasteiger partial charge in [-0.25, -0.2) is 9.97 Å². The van der Waals surface area contributed by atoms with Crippen LogP contribution in [0.1, 0.15) is 12.5 Å². The average Bonchev–Trinajstić information content (AvgIpc) is 2.39. The summed E-state index contributed by atoms with van der Waals surface area (Å²) in [6, 6.07) is 5.48. The molecule has 0 bridgehead atoms. The van der Waals surface area contributed by atoms with E-state index < -0.39 is 0 Å². The first kappa shape index (κ1) is 13.8. The van der Waals surface area contributed by atoms with Crippen molar-refractivity contribution in [3.05, 3.63) is 41.2 Å². The van der Waals surface area contributed by atoms with E-state index in [0.717, 1.165) is 17.5 Å². The maximum absolute atomic E-state index is 5.93. The summed E-state index contributed by atoms with van der Waals surface area (Å²) in [7, 11) is 1.60. The van der Waals surface area contributed by atoms with Gasteiger partial charge in [-0.2, -0.15) is 0 Å². The van der Waals surface area contributed by atoms with E-state index in [9.17, 15) is 0 Å². The SMILES string of the molecule is COc1cc(Cl)ccc1-c1ncc(CC(C)N)cn1. The molecule has 1 aromatic carbocycles. The van der Waals surface area contributed by atoms with Crippen molar-refractivity contribution in [2.24, 2.45) is 5.73 Å². The number of rotatable bonds is 4. The van der Waals surface area contributed by atoms with Crippen LogP contribution in [0, 0.1) is 0 Å². The molecule has 2 N–H and O–H groups in total. The fraction of sp³-hybridized carbons (Fsp3) is 0.286. The third kappa shape index (κ3) is 3.43. The lowest BCUT2D eigenvalue weighted by Gasteiger charge is -2.09. The van der Waals surface area contributed by atoms with Gasteiger partial charge in [-0.15, -0.1) is 0 Å². The van der Waals surface area contributed by atoms with Gasteiger partial charge in [-0.1, -0.05) is 11.6 Å². The van der Waals surface area contributed by atoms with Crippen molar-refractivity contribution < 1.29 is 4.74 Å². The molecule has 0 saturated carbocycles. The van der Waals surface area contributed by atoms with E-state index in [1.54, 1.807) is 31.6 Å². The first-order valence-electron chi connectivity index (χ1n) is 6.00. The third-order valence-corrected chi connectivity index (χ3v) is 2.90. The van der Waals surface area contributed by atoms with Gasteiger partial charge in [-0.3, -0.25) is 0 Å². The molecule has 2 rings (SSSR count). The number of halogens is 1. The standard InChI is InChI=1S/C14H16ClN3O/c1-9(16)5-10-7-17-14(18-8-10)12-4-3-11(15)6-13(12)19-2/h3-4,6-9H,5,16H2,1-2H3. The van der Waals surface area contributed by atoms with Crippen LogP contribution in [0.2, 0.25) is 5.02 Å². The first-order chi connectivity index (χ1) is 9.10. The predicted molar refractivity (Wildman–Crippen MR) is 76.4 cm³/mol. The van der Waals surface area contributed by atoms with E-state index >= 15 is 0 Å². The van der Waals surface area contributed by atoms with Gasteiger partial charge in [-0.05, 0) is 37.1 Å². The maximum Gasteiger partial charge on any atom is 0.162 e. The molecule has 1 atom stereocenters. The Morgan fingerprint density at radius 1 is 1.32 bits per heavy atom. The molecule has 0 radical (unpaired) electrons. The van der Waals surface area contributed by atoms with Crippen LogP contribution >= 0.6 is 11.6 Å². The van der Waals surface area contributed by atoms with Crippen LogP contribution in [0.15, 0.2) is 30.6 Å². The zero-order chi connectivity index (χ0) is 13.8. The number of ether oxygens (including phenoxy) is 1. The number of methoxy groups -OCH3 is 1. The van der Waals surface area contributed by atoms with Crippen LogP contribution in [0.3, 0.4) is 0 Å². The molecule has 0 aliphatic carbocycles. The zero-order valence-corrected chi connectivity index (χ0v) is 11.7. The highest BCUT2D eigenvalue weighted by Crippen LogP contribution is 2.29. The highest BCUT2D eigenvalue weighted by molar-refractivity contribution is 6.30. The minimum Gasteiger partial charge on any atom is -0.496 e. The van der Waals surface area contributed by atoms with Crippen molar-refractivity contribution in [2.75, 3.05) is 7.11 Å². The summed E-state index contributed by atoms with van der Waals surface area (Å²) < 4.78 is 5.29. The average molecular weight is 278 g/mol. The molecule has 4 nitrogen and oxygen atoms in total. The molecular weight excluding hydrogens is 262 g/mol. The number of nitrogens with two attached hydrogens (primary N) is 1. The van der Waals surface area contributed by atoms with E-state index in [1.807, 2.05) is 13.0 Å². The molecule has 19 heavy (non-hydrogen) atoms. The summed E-state index contributed by atoms with van der Waals surface area (Å²) in [6.07, 6.45) is 4.34. The second-order valence-corrected chi connectivity index (χ2v) is 4.88. The molecule has 2 aromatic rings. The lowest BCUT2D eigenvalue weighted by Crippen LogP contribution is -2.18. The topological polar surface area (TPSA) is 61.0 Å². The van der Waals surface area contributed by atoms with Gasteiger partial charge in [0.15, 0.2) is 5.82 Å². The first-order valence-corrected chi connectivity index (χ1v) is 6.38. The Kier molecular flexibility index (Phi) is 4.35. The summed E-state index contributed by atoms with van der Waals surface area (Å²) in [4.78, 5) is 8.70. The fourth-order valence-electron chi connectivity index (χ4n) is 1.82.